The van der Waals surface area contributed by atoms with Gasteiger partial charge in [-0.05, 0) is 12.1 Å². The Morgan fingerprint density at radius 3 is 2.60 bits per heavy atom. The summed E-state index contributed by atoms with van der Waals surface area (Å²) in [6, 6.07) is 6.81. The molecule has 0 aliphatic carbocycles. The second-order valence-corrected chi connectivity index (χ2v) is 4.40. The van der Waals surface area contributed by atoms with Crippen molar-refractivity contribution in [3.8, 4) is 0 Å². The number of primary sulfonamides is 1. The molecule has 15 heavy (non-hydrogen) atoms. The van der Waals surface area contributed by atoms with Crippen molar-refractivity contribution in [1.29, 1.82) is 0 Å². The summed E-state index contributed by atoms with van der Waals surface area (Å²) in [5.74, 6) is -0.265. The molecule has 0 saturated carbocycles. The van der Waals surface area contributed by atoms with Gasteiger partial charge in [-0.2, -0.15) is 0 Å². The first kappa shape index (κ1) is 9.81. The van der Waals surface area contributed by atoms with E-state index in [1.165, 1.54) is 0 Å². The monoisotopic (exact) mass is 225 g/mol. The van der Waals surface area contributed by atoms with E-state index in [9.17, 15) is 13.2 Å². The maximum Gasteiger partial charge on any atom is 0.326 e. The number of imidazole rings is 1. The van der Waals surface area contributed by atoms with Gasteiger partial charge in [0.15, 0.2) is 5.82 Å². The molecule has 0 unspecified atom stereocenters. The van der Waals surface area contributed by atoms with Gasteiger partial charge in [0.1, 0.15) is 0 Å². The Balaban J connectivity index is 2.60. The molecule has 0 aliphatic rings. The van der Waals surface area contributed by atoms with Crippen LogP contribution in [0, 0.1) is 0 Å². The molecule has 3 N–H and O–H groups in total. The SMILES string of the molecule is NS(=O)(=O)C(=O)c1nc2ccccc2[nH]1. The Bertz CT molecular complexity index is 596. The van der Waals surface area contributed by atoms with Crippen molar-refractivity contribution in [3.63, 3.8) is 0 Å². The third kappa shape index (κ3) is 1.74. The lowest BCUT2D eigenvalue weighted by molar-refractivity contribution is 0.106. The Hall–Kier alpha value is -1.73. The molecule has 0 aliphatic heterocycles. The van der Waals surface area contributed by atoms with Gasteiger partial charge in [-0.3, -0.25) is 4.79 Å². The van der Waals surface area contributed by atoms with E-state index < -0.39 is 15.1 Å². The summed E-state index contributed by atoms with van der Waals surface area (Å²) in [7, 11) is -4.24. The zero-order chi connectivity index (χ0) is 11.1. The van der Waals surface area contributed by atoms with Crippen LogP contribution in [0.1, 0.15) is 10.6 Å². The van der Waals surface area contributed by atoms with Crippen molar-refractivity contribution in [2.45, 2.75) is 0 Å². The smallest absolute Gasteiger partial charge is 0.326 e. The summed E-state index contributed by atoms with van der Waals surface area (Å²) in [4.78, 5) is 17.6. The van der Waals surface area contributed by atoms with Crippen molar-refractivity contribution >= 4 is 26.2 Å². The van der Waals surface area contributed by atoms with Gasteiger partial charge in [0.05, 0.1) is 11.0 Å². The molecule has 0 fully saturated rings. The topological polar surface area (TPSA) is 106 Å². The van der Waals surface area contributed by atoms with Gasteiger partial charge in [-0.25, -0.2) is 18.5 Å². The van der Waals surface area contributed by atoms with Gasteiger partial charge < -0.3 is 4.98 Å². The predicted molar refractivity (Wildman–Crippen MR) is 53.5 cm³/mol. The minimum Gasteiger partial charge on any atom is -0.334 e. The molecular formula is C8H7N3O3S. The molecule has 2 rings (SSSR count). The number of aromatic nitrogens is 2. The Kier molecular flexibility index (Phi) is 2.06. The lowest BCUT2D eigenvalue weighted by Crippen LogP contribution is -2.24. The number of aromatic amines is 1. The van der Waals surface area contributed by atoms with E-state index in [4.69, 9.17) is 5.14 Å². The van der Waals surface area contributed by atoms with Crippen molar-refractivity contribution in [2.24, 2.45) is 5.14 Å². The lowest BCUT2D eigenvalue weighted by Gasteiger charge is -1.90. The first-order valence-corrected chi connectivity index (χ1v) is 5.55. The molecule has 78 valence electrons. The number of nitrogens with one attached hydrogen (secondary N) is 1. The molecule has 1 aromatic carbocycles. The first-order chi connectivity index (χ1) is 6.98. The Morgan fingerprint density at radius 2 is 2.00 bits per heavy atom. The van der Waals surface area contributed by atoms with Crippen LogP contribution in [0.15, 0.2) is 24.3 Å². The molecular weight excluding hydrogens is 218 g/mol. The number of carbonyl (C=O) groups excluding carboxylic acids is 1. The number of sulfonamides is 1. The van der Waals surface area contributed by atoms with Gasteiger partial charge >= 0.3 is 5.12 Å². The van der Waals surface area contributed by atoms with Crippen LogP contribution in [0.4, 0.5) is 0 Å². The quantitative estimate of drug-likeness (QED) is 0.711. The fourth-order valence-corrected chi connectivity index (χ4v) is 1.55. The molecule has 2 aromatic rings. The highest BCUT2D eigenvalue weighted by atomic mass is 32.2. The van der Waals surface area contributed by atoms with E-state index >= 15 is 0 Å². The predicted octanol–water partition coefficient (Wildman–Crippen LogP) is -0.00840. The van der Waals surface area contributed by atoms with Crippen LogP contribution in [0.5, 0.6) is 0 Å². The number of hydrogen-bond acceptors (Lipinski definition) is 4. The van der Waals surface area contributed by atoms with Crippen LogP contribution >= 0.6 is 0 Å². The third-order valence-corrected chi connectivity index (χ3v) is 2.55. The Labute approximate surface area is 85.2 Å². The summed E-state index contributed by atoms with van der Waals surface area (Å²) in [6.45, 7) is 0. The zero-order valence-corrected chi connectivity index (χ0v) is 8.28. The van der Waals surface area contributed by atoms with Crippen molar-refractivity contribution in [2.75, 3.05) is 0 Å². The maximum absolute atomic E-state index is 11.2. The second kappa shape index (κ2) is 3.14. The van der Waals surface area contributed by atoms with E-state index in [-0.39, 0.29) is 5.82 Å². The number of H-pyrrole nitrogens is 1. The van der Waals surface area contributed by atoms with E-state index in [2.05, 4.69) is 9.97 Å². The van der Waals surface area contributed by atoms with E-state index in [0.29, 0.717) is 11.0 Å². The number of rotatable bonds is 1. The molecule has 1 heterocycles. The molecule has 0 amide bonds. The van der Waals surface area contributed by atoms with E-state index in [0.717, 1.165) is 0 Å². The van der Waals surface area contributed by atoms with Crippen molar-refractivity contribution in [3.05, 3.63) is 30.1 Å². The Morgan fingerprint density at radius 1 is 1.33 bits per heavy atom. The molecule has 0 radical (unpaired) electrons. The van der Waals surface area contributed by atoms with Gasteiger partial charge in [-0.15, -0.1) is 0 Å². The molecule has 0 saturated heterocycles. The lowest BCUT2D eigenvalue weighted by atomic mass is 10.3. The molecule has 0 spiro atoms. The minimum atomic E-state index is -4.24. The summed E-state index contributed by atoms with van der Waals surface area (Å²) in [6.07, 6.45) is 0. The zero-order valence-electron chi connectivity index (χ0n) is 7.47. The largest absolute Gasteiger partial charge is 0.334 e. The van der Waals surface area contributed by atoms with Crippen LogP contribution in [-0.2, 0) is 10.0 Å². The van der Waals surface area contributed by atoms with Crippen LogP contribution in [0.3, 0.4) is 0 Å². The number of carbonyl (C=O) groups is 1. The van der Waals surface area contributed by atoms with Gasteiger partial charge in [0.25, 0.3) is 10.0 Å². The average molecular weight is 225 g/mol. The number of hydrogen-bond donors (Lipinski definition) is 2. The third-order valence-electron chi connectivity index (χ3n) is 1.84. The highest BCUT2D eigenvalue weighted by Crippen LogP contribution is 2.11. The highest BCUT2D eigenvalue weighted by molar-refractivity contribution is 8.04. The average Bonchev–Trinajstić information content (AvgIpc) is 2.58. The standard InChI is InChI=1S/C8H7N3O3S/c9-15(13,14)8(12)7-10-5-3-1-2-4-6(5)11-7/h1-4H,(H,10,11)(H2,9,13,14). The number of nitrogens with two attached hydrogens (primary N) is 1. The van der Waals surface area contributed by atoms with Crippen molar-refractivity contribution in [1.82, 2.24) is 9.97 Å². The molecule has 6 nitrogen and oxygen atoms in total. The summed E-state index contributed by atoms with van der Waals surface area (Å²) < 4.78 is 21.6. The number of para-hydroxylation sites is 2. The number of nitrogens with zero attached hydrogens (tertiary/aromatic N) is 1. The molecule has 0 bridgehead atoms. The van der Waals surface area contributed by atoms with E-state index in [1.807, 2.05) is 0 Å². The van der Waals surface area contributed by atoms with Crippen LogP contribution in [-0.4, -0.2) is 23.5 Å². The van der Waals surface area contributed by atoms with Crippen LogP contribution in [0.2, 0.25) is 0 Å². The van der Waals surface area contributed by atoms with Gasteiger partial charge in [0, 0.05) is 0 Å². The molecule has 0 atom stereocenters. The minimum absolute atomic E-state index is 0.265. The van der Waals surface area contributed by atoms with Crippen LogP contribution in [0.25, 0.3) is 11.0 Å². The molecule has 7 heteroatoms. The number of fused-ring (bicyclic) bond motifs is 1. The fourth-order valence-electron chi connectivity index (χ4n) is 1.18. The summed E-state index contributed by atoms with van der Waals surface area (Å²) in [5.41, 5.74) is 1.11. The van der Waals surface area contributed by atoms with E-state index in [1.54, 1.807) is 24.3 Å². The van der Waals surface area contributed by atoms with Gasteiger partial charge in [-0.1, -0.05) is 12.1 Å². The van der Waals surface area contributed by atoms with Crippen LogP contribution < -0.4 is 5.14 Å². The normalized spacial score (nSPS) is 11.8. The fraction of sp³-hybridized carbons (Fsp3) is 0. The summed E-state index contributed by atoms with van der Waals surface area (Å²) in [5, 5.41) is 3.49. The second-order valence-electron chi connectivity index (χ2n) is 2.94. The molecule has 1 aromatic heterocycles. The van der Waals surface area contributed by atoms with Gasteiger partial charge in [0.2, 0.25) is 0 Å². The first-order valence-electron chi connectivity index (χ1n) is 4.00. The highest BCUT2D eigenvalue weighted by Gasteiger charge is 2.22. The van der Waals surface area contributed by atoms with Crippen molar-refractivity contribution < 1.29 is 13.2 Å². The number of benzene rings is 1. The maximum atomic E-state index is 11.2. The summed E-state index contributed by atoms with van der Waals surface area (Å²) >= 11 is 0.